The summed E-state index contributed by atoms with van der Waals surface area (Å²) in [6, 6.07) is 0. The quantitative estimate of drug-likeness (QED) is 0.638. The van der Waals surface area contributed by atoms with E-state index in [2.05, 4.69) is 9.64 Å². The highest BCUT2D eigenvalue weighted by Gasteiger charge is 2.39. The number of rotatable bonds is 3. The van der Waals surface area contributed by atoms with Gasteiger partial charge in [0.25, 0.3) is 0 Å². The maximum atomic E-state index is 11.3. The number of fused-ring (bicyclic) bond motifs is 1. The number of hydrogen-bond acceptors (Lipinski definition) is 5. The Morgan fingerprint density at radius 1 is 1.56 bits per heavy atom. The molecule has 0 radical (unpaired) electrons. The maximum absolute atomic E-state index is 11.3. The van der Waals surface area contributed by atoms with E-state index in [1.807, 2.05) is 0 Å². The third-order valence-corrected chi connectivity index (χ3v) is 3.05. The van der Waals surface area contributed by atoms with Crippen molar-refractivity contribution in [3.63, 3.8) is 0 Å². The summed E-state index contributed by atoms with van der Waals surface area (Å²) in [4.78, 5) is 26.2. The van der Waals surface area contributed by atoms with Crippen LogP contribution in [0, 0.1) is 0 Å². The molecule has 0 aromatic rings. The van der Waals surface area contributed by atoms with Crippen LogP contribution in [-0.4, -0.2) is 61.4 Å². The number of carbonyl (C=O) groups is 2. The van der Waals surface area contributed by atoms with Gasteiger partial charge in [-0.25, -0.2) is 4.79 Å². The van der Waals surface area contributed by atoms with Crippen molar-refractivity contribution >= 4 is 12.1 Å². The van der Waals surface area contributed by atoms with Gasteiger partial charge >= 0.3 is 12.1 Å². The van der Waals surface area contributed by atoms with Crippen LogP contribution in [0.5, 0.6) is 0 Å². The molecule has 2 heterocycles. The fourth-order valence-corrected chi connectivity index (χ4v) is 2.17. The number of nitrogens with zero attached hydrogens (tertiary/aromatic N) is 2. The Morgan fingerprint density at radius 2 is 2.38 bits per heavy atom. The van der Waals surface area contributed by atoms with Crippen molar-refractivity contribution in [1.29, 1.82) is 0 Å². The molecule has 0 aromatic heterocycles. The standard InChI is InChI=1S/C10H16N2O4/c1-15-9(13)3-6-11-4-2-5-12-8(11)7-16-10(12)14/h8H,2-7H2,1H3/t8-/m0/s1. The average molecular weight is 228 g/mol. The van der Waals surface area contributed by atoms with E-state index < -0.39 is 0 Å². The van der Waals surface area contributed by atoms with Gasteiger partial charge in [0.15, 0.2) is 0 Å². The van der Waals surface area contributed by atoms with Gasteiger partial charge in [-0.1, -0.05) is 0 Å². The van der Waals surface area contributed by atoms with Gasteiger partial charge in [0.05, 0.1) is 13.5 Å². The molecule has 2 rings (SSSR count). The highest BCUT2D eigenvalue weighted by Crippen LogP contribution is 2.21. The number of hydrogen-bond donors (Lipinski definition) is 0. The first-order chi connectivity index (χ1) is 7.72. The van der Waals surface area contributed by atoms with Crippen molar-refractivity contribution < 1.29 is 19.1 Å². The molecule has 2 fully saturated rings. The number of methoxy groups -OCH3 is 1. The predicted octanol–water partition coefficient (Wildman–Crippen LogP) is 0.0335. The minimum Gasteiger partial charge on any atom is -0.469 e. The fourth-order valence-electron chi connectivity index (χ4n) is 2.17. The summed E-state index contributed by atoms with van der Waals surface area (Å²) in [6.45, 7) is 2.66. The zero-order valence-electron chi connectivity index (χ0n) is 9.35. The lowest BCUT2D eigenvalue weighted by Crippen LogP contribution is -2.53. The summed E-state index contributed by atoms with van der Waals surface area (Å²) in [7, 11) is 1.38. The van der Waals surface area contributed by atoms with Crippen LogP contribution in [0.15, 0.2) is 0 Å². The molecule has 0 saturated carbocycles. The zero-order chi connectivity index (χ0) is 11.5. The number of amides is 1. The topological polar surface area (TPSA) is 59.1 Å². The van der Waals surface area contributed by atoms with Crippen molar-refractivity contribution in [1.82, 2.24) is 9.80 Å². The number of carbonyl (C=O) groups excluding carboxylic acids is 2. The lowest BCUT2D eigenvalue weighted by molar-refractivity contribution is -0.141. The average Bonchev–Trinajstić information content (AvgIpc) is 2.69. The molecule has 0 spiro atoms. The minimum absolute atomic E-state index is 0.00547. The van der Waals surface area contributed by atoms with E-state index in [0.29, 0.717) is 19.6 Å². The van der Waals surface area contributed by atoms with Gasteiger partial charge in [0, 0.05) is 19.6 Å². The Balaban J connectivity index is 1.89. The molecule has 2 aliphatic rings. The second-order valence-electron chi connectivity index (χ2n) is 3.97. The summed E-state index contributed by atoms with van der Waals surface area (Å²) < 4.78 is 9.59. The van der Waals surface area contributed by atoms with Crippen molar-refractivity contribution in [2.45, 2.75) is 19.0 Å². The number of cyclic esters (lactones) is 1. The Labute approximate surface area is 94.1 Å². The monoisotopic (exact) mass is 228 g/mol. The molecule has 0 aromatic carbocycles. The van der Waals surface area contributed by atoms with Crippen LogP contribution in [0.4, 0.5) is 4.79 Å². The Kier molecular flexibility index (Phi) is 3.28. The van der Waals surface area contributed by atoms with Crippen LogP contribution in [0.25, 0.3) is 0 Å². The Bertz CT molecular complexity index is 295. The van der Waals surface area contributed by atoms with E-state index in [9.17, 15) is 9.59 Å². The van der Waals surface area contributed by atoms with Crippen molar-refractivity contribution in [2.24, 2.45) is 0 Å². The lowest BCUT2D eigenvalue weighted by atomic mass is 10.2. The fraction of sp³-hybridized carbons (Fsp3) is 0.800. The van der Waals surface area contributed by atoms with E-state index in [-0.39, 0.29) is 18.2 Å². The van der Waals surface area contributed by atoms with E-state index in [0.717, 1.165) is 19.5 Å². The maximum Gasteiger partial charge on any atom is 0.411 e. The first-order valence-electron chi connectivity index (χ1n) is 5.46. The first-order valence-corrected chi connectivity index (χ1v) is 5.46. The zero-order valence-corrected chi connectivity index (χ0v) is 9.35. The Hall–Kier alpha value is -1.30. The number of ether oxygens (including phenoxy) is 2. The van der Waals surface area contributed by atoms with Gasteiger partial charge in [0.1, 0.15) is 12.8 Å². The molecular formula is C10H16N2O4. The van der Waals surface area contributed by atoms with Gasteiger partial charge < -0.3 is 9.47 Å². The van der Waals surface area contributed by atoms with Gasteiger partial charge in [0.2, 0.25) is 0 Å². The molecule has 2 aliphatic heterocycles. The highest BCUT2D eigenvalue weighted by molar-refractivity contribution is 5.70. The second kappa shape index (κ2) is 4.69. The smallest absolute Gasteiger partial charge is 0.411 e. The SMILES string of the molecule is COC(=O)CCN1CCCN2C(=O)OC[C@@H]12. The normalized spacial score (nSPS) is 25.2. The van der Waals surface area contributed by atoms with Gasteiger partial charge in [-0.2, -0.15) is 0 Å². The van der Waals surface area contributed by atoms with Crippen LogP contribution in [0.1, 0.15) is 12.8 Å². The van der Waals surface area contributed by atoms with Crippen LogP contribution >= 0.6 is 0 Å². The van der Waals surface area contributed by atoms with Crippen LogP contribution in [0.3, 0.4) is 0 Å². The lowest BCUT2D eigenvalue weighted by Gasteiger charge is -2.37. The largest absolute Gasteiger partial charge is 0.469 e. The highest BCUT2D eigenvalue weighted by atomic mass is 16.6. The molecule has 0 aliphatic carbocycles. The molecule has 2 saturated heterocycles. The Morgan fingerprint density at radius 3 is 3.12 bits per heavy atom. The molecule has 6 heteroatoms. The van der Waals surface area contributed by atoms with Crippen LogP contribution < -0.4 is 0 Å². The summed E-state index contributed by atoms with van der Waals surface area (Å²) >= 11 is 0. The van der Waals surface area contributed by atoms with Gasteiger partial charge in [-0.3, -0.25) is 14.6 Å². The van der Waals surface area contributed by atoms with E-state index in [1.165, 1.54) is 7.11 Å². The molecule has 1 amide bonds. The summed E-state index contributed by atoms with van der Waals surface area (Å²) in [5, 5.41) is 0. The third-order valence-electron chi connectivity index (χ3n) is 3.05. The molecule has 16 heavy (non-hydrogen) atoms. The van der Waals surface area contributed by atoms with Crippen molar-refractivity contribution in [2.75, 3.05) is 33.4 Å². The van der Waals surface area contributed by atoms with Gasteiger partial charge in [-0.15, -0.1) is 0 Å². The van der Waals surface area contributed by atoms with Crippen molar-refractivity contribution in [3.05, 3.63) is 0 Å². The predicted molar refractivity (Wildman–Crippen MR) is 54.7 cm³/mol. The molecule has 6 nitrogen and oxygen atoms in total. The minimum atomic E-state index is -0.243. The third kappa shape index (κ3) is 2.11. The molecule has 0 unspecified atom stereocenters. The molecular weight excluding hydrogens is 212 g/mol. The van der Waals surface area contributed by atoms with E-state index in [1.54, 1.807) is 4.90 Å². The molecule has 90 valence electrons. The van der Waals surface area contributed by atoms with Gasteiger partial charge in [-0.05, 0) is 6.42 Å². The molecule has 0 N–H and O–H groups in total. The molecule has 1 atom stereocenters. The molecule has 0 bridgehead atoms. The van der Waals surface area contributed by atoms with E-state index in [4.69, 9.17) is 4.74 Å². The first kappa shape index (κ1) is 11.2. The van der Waals surface area contributed by atoms with Crippen LogP contribution in [-0.2, 0) is 14.3 Å². The summed E-state index contributed by atoms with van der Waals surface area (Å²) in [5.41, 5.74) is 0. The number of esters is 1. The van der Waals surface area contributed by atoms with E-state index >= 15 is 0 Å². The summed E-state index contributed by atoms with van der Waals surface area (Å²) in [6.07, 6.45) is 1.04. The van der Waals surface area contributed by atoms with Crippen molar-refractivity contribution in [3.8, 4) is 0 Å². The van der Waals surface area contributed by atoms with Crippen LogP contribution in [0.2, 0.25) is 0 Å². The second-order valence-corrected chi connectivity index (χ2v) is 3.97. The summed E-state index contributed by atoms with van der Waals surface area (Å²) in [5.74, 6) is -0.220.